The van der Waals surface area contributed by atoms with Gasteiger partial charge >= 0.3 is 6.09 Å². The molecule has 0 atom stereocenters. The molecule has 9 nitrogen and oxygen atoms in total. The third-order valence-corrected chi connectivity index (χ3v) is 5.72. The van der Waals surface area contributed by atoms with Gasteiger partial charge < -0.3 is 19.9 Å². The Morgan fingerprint density at radius 1 is 1.09 bits per heavy atom. The highest BCUT2D eigenvalue weighted by atomic mass is 16.6. The highest BCUT2D eigenvalue weighted by molar-refractivity contribution is 5.82. The fourth-order valence-corrected chi connectivity index (χ4v) is 3.93. The van der Waals surface area contributed by atoms with Crippen LogP contribution in [0.15, 0.2) is 36.7 Å². The van der Waals surface area contributed by atoms with E-state index in [1.54, 1.807) is 32.7 Å². The van der Waals surface area contributed by atoms with Gasteiger partial charge in [0.15, 0.2) is 0 Å². The van der Waals surface area contributed by atoms with Crippen molar-refractivity contribution in [1.82, 2.24) is 25.1 Å². The van der Waals surface area contributed by atoms with Crippen LogP contribution in [0.3, 0.4) is 0 Å². The van der Waals surface area contributed by atoms with Gasteiger partial charge in [-0.2, -0.15) is 0 Å². The van der Waals surface area contributed by atoms with Gasteiger partial charge in [0.2, 0.25) is 11.9 Å². The molecule has 3 rings (SSSR count). The van der Waals surface area contributed by atoms with Crippen LogP contribution >= 0.6 is 0 Å². The van der Waals surface area contributed by atoms with Crippen molar-refractivity contribution in [2.24, 2.45) is 0 Å². The van der Waals surface area contributed by atoms with Gasteiger partial charge in [0, 0.05) is 57.7 Å². The third-order valence-electron chi connectivity index (χ3n) is 5.72. The molecule has 0 bridgehead atoms. The van der Waals surface area contributed by atoms with Gasteiger partial charge in [-0.1, -0.05) is 25.1 Å². The zero-order chi connectivity index (χ0) is 25.4. The molecule has 1 saturated heterocycles. The molecule has 0 spiro atoms. The molecule has 35 heavy (non-hydrogen) atoms. The number of benzene rings is 1. The Kier molecular flexibility index (Phi) is 9.03. The lowest BCUT2D eigenvalue weighted by atomic mass is 10.1. The van der Waals surface area contributed by atoms with Crippen LogP contribution in [0.5, 0.6) is 0 Å². The molecule has 1 aliphatic rings. The zero-order valence-corrected chi connectivity index (χ0v) is 21.6. The summed E-state index contributed by atoms with van der Waals surface area (Å²) in [5.41, 5.74) is 2.30. The van der Waals surface area contributed by atoms with E-state index in [9.17, 15) is 9.59 Å². The van der Waals surface area contributed by atoms with E-state index in [0.717, 1.165) is 55.4 Å². The first-order chi connectivity index (χ1) is 16.6. The van der Waals surface area contributed by atoms with Crippen molar-refractivity contribution < 1.29 is 14.3 Å². The number of anilines is 1. The van der Waals surface area contributed by atoms with Crippen molar-refractivity contribution in [3.05, 3.63) is 42.2 Å². The van der Waals surface area contributed by atoms with Crippen LogP contribution in [-0.2, 0) is 16.1 Å². The lowest BCUT2D eigenvalue weighted by Gasteiger charge is -2.34. The Morgan fingerprint density at radius 3 is 2.40 bits per heavy atom. The minimum Gasteiger partial charge on any atom is -0.444 e. The van der Waals surface area contributed by atoms with Crippen LogP contribution in [0.2, 0.25) is 0 Å². The molecule has 0 unspecified atom stereocenters. The predicted octanol–water partition coefficient (Wildman–Crippen LogP) is 3.16. The van der Waals surface area contributed by atoms with Crippen molar-refractivity contribution in [3.8, 4) is 11.1 Å². The van der Waals surface area contributed by atoms with E-state index in [1.807, 2.05) is 36.7 Å². The second kappa shape index (κ2) is 12.0. The Labute approximate surface area is 208 Å². The average Bonchev–Trinajstić information content (AvgIpc) is 2.82. The zero-order valence-electron chi connectivity index (χ0n) is 21.6. The quantitative estimate of drug-likeness (QED) is 0.618. The molecule has 9 heteroatoms. The normalized spacial score (nSPS) is 14.5. The third kappa shape index (κ3) is 8.20. The minimum absolute atomic E-state index is 0.118. The first-order valence-corrected chi connectivity index (χ1v) is 12.2. The molecule has 2 heterocycles. The molecule has 2 aromatic rings. The molecule has 1 aromatic carbocycles. The van der Waals surface area contributed by atoms with Gasteiger partial charge in [0.25, 0.3) is 0 Å². The Hall–Kier alpha value is -3.20. The van der Waals surface area contributed by atoms with Gasteiger partial charge in [0.05, 0.1) is 0 Å². The average molecular weight is 483 g/mol. The van der Waals surface area contributed by atoms with Crippen molar-refractivity contribution in [2.45, 2.75) is 46.3 Å². The van der Waals surface area contributed by atoms with Gasteiger partial charge in [-0.3, -0.25) is 9.69 Å². The molecule has 0 radical (unpaired) electrons. The highest BCUT2D eigenvalue weighted by Crippen LogP contribution is 2.21. The summed E-state index contributed by atoms with van der Waals surface area (Å²) in [5.74, 6) is 0.567. The molecule has 0 aliphatic carbocycles. The second-order valence-electron chi connectivity index (χ2n) is 9.91. The van der Waals surface area contributed by atoms with Crippen molar-refractivity contribution in [3.63, 3.8) is 0 Å². The Morgan fingerprint density at radius 2 is 1.77 bits per heavy atom. The van der Waals surface area contributed by atoms with E-state index < -0.39 is 11.7 Å². The first-order valence-electron chi connectivity index (χ1n) is 12.2. The first kappa shape index (κ1) is 26.4. The summed E-state index contributed by atoms with van der Waals surface area (Å²) in [6, 6.07) is 7.98. The van der Waals surface area contributed by atoms with Crippen LogP contribution in [0, 0.1) is 0 Å². The summed E-state index contributed by atoms with van der Waals surface area (Å²) >= 11 is 0. The largest absolute Gasteiger partial charge is 0.444 e. The van der Waals surface area contributed by atoms with Crippen molar-refractivity contribution in [1.29, 1.82) is 0 Å². The fourth-order valence-electron chi connectivity index (χ4n) is 3.93. The number of carbonyl (C=O) groups excluding carboxylic acids is 2. The number of nitrogens with zero attached hydrogens (tertiary/aromatic N) is 5. The molecular weight excluding hydrogens is 444 g/mol. The summed E-state index contributed by atoms with van der Waals surface area (Å²) in [5, 5.41) is 2.51. The molecular formula is C26H38N6O3. The molecule has 1 N–H and O–H groups in total. The van der Waals surface area contributed by atoms with Crippen LogP contribution in [0.25, 0.3) is 11.1 Å². The number of aromatic nitrogens is 2. The van der Waals surface area contributed by atoms with Crippen LogP contribution in [0.4, 0.5) is 10.7 Å². The number of likely N-dealkylation sites (N-methyl/N-ethyl adjacent to an activating group) is 1. The predicted molar refractivity (Wildman–Crippen MR) is 137 cm³/mol. The number of hydrogen-bond donors (Lipinski definition) is 1. The summed E-state index contributed by atoms with van der Waals surface area (Å²) < 4.78 is 5.17. The summed E-state index contributed by atoms with van der Waals surface area (Å²) in [6.07, 6.45) is 4.29. The maximum atomic E-state index is 12.4. The number of piperazine rings is 1. The number of ether oxygens (including phenoxy) is 1. The van der Waals surface area contributed by atoms with E-state index in [4.69, 9.17) is 4.74 Å². The number of rotatable bonds is 8. The van der Waals surface area contributed by atoms with Crippen molar-refractivity contribution >= 4 is 17.9 Å². The van der Waals surface area contributed by atoms with Gasteiger partial charge in [0.1, 0.15) is 12.1 Å². The maximum absolute atomic E-state index is 12.4. The summed E-state index contributed by atoms with van der Waals surface area (Å²) in [7, 11) is 1.71. The Balaban J connectivity index is 1.55. The number of nitrogens with one attached hydrogen (secondary N) is 1. The van der Waals surface area contributed by atoms with E-state index in [1.165, 1.54) is 6.42 Å². The van der Waals surface area contributed by atoms with E-state index in [2.05, 4.69) is 32.0 Å². The van der Waals surface area contributed by atoms with E-state index in [-0.39, 0.29) is 12.5 Å². The van der Waals surface area contributed by atoms with Crippen molar-refractivity contribution in [2.75, 3.05) is 51.2 Å². The van der Waals surface area contributed by atoms with E-state index >= 15 is 0 Å². The highest BCUT2D eigenvalue weighted by Gasteiger charge is 2.19. The van der Waals surface area contributed by atoms with Crippen LogP contribution in [-0.4, -0.2) is 83.7 Å². The smallest absolute Gasteiger partial charge is 0.408 e. The van der Waals surface area contributed by atoms with E-state index in [0.29, 0.717) is 6.54 Å². The minimum atomic E-state index is -0.606. The standard InChI is InChI=1S/C26H38N6O3/c1-6-10-31-11-13-32(14-12-31)24-27-16-22(17-28-24)21-9-7-8-20(15-21)19-30(5)23(33)18-29-25(34)35-26(2,3)4/h7-9,15-17H,6,10-14,18-19H2,1-5H3,(H,29,34). The second-order valence-corrected chi connectivity index (χ2v) is 9.91. The number of amides is 2. The number of hydrogen-bond acceptors (Lipinski definition) is 7. The number of alkyl carbamates (subject to hydrolysis) is 1. The Bertz CT molecular complexity index is 981. The monoisotopic (exact) mass is 482 g/mol. The lowest BCUT2D eigenvalue weighted by Crippen LogP contribution is -2.47. The molecule has 2 amide bonds. The van der Waals surface area contributed by atoms with Gasteiger partial charge in [-0.05, 0) is 50.9 Å². The van der Waals surface area contributed by atoms with Crippen LogP contribution in [0.1, 0.15) is 39.7 Å². The molecule has 1 aromatic heterocycles. The molecule has 1 aliphatic heterocycles. The topological polar surface area (TPSA) is 90.9 Å². The van der Waals surface area contributed by atoms with Crippen LogP contribution < -0.4 is 10.2 Å². The van der Waals surface area contributed by atoms with Gasteiger partial charge in [-0.15, -0.1) is 0 Å². The number of carbonyl (C=O) groups is 2. The summed E-state index contributed by atoms with van der Waals surface area (Å²) in [6.45, 7) is 13.0. The lowest BCUT2D eigenvalue weighted by molar-refractivity contribution is -0.129. The SMILES string of the molecule is CCCN1CCN(c2ncc(-c3cccc(CN(C)C(=O)CNC(=O)OC(C)(C)C)c3)cn2)CC1. The fraction of sp³-hybridized carbons (Fsp3) is 0.538. The molecule has 190 valence electrons. The maximum Gasteiger partial charge on any atom is 0.408 e. The molecule has 0 saturated carbocycles. The summed E-state index contributed by atoms with van der Waals surface area (Å²) in [4.78, 5) is 39.8. The van der Waals surface area contributed by atoms with Gasteiger partial charge in [-0.25, -0.2) is 14.8 Å². The molecule has 1 fully saturated rings.